The molecule has 0 saturated heterocycles. The topological polar surface area (TPSA) is 66.8 Å². The van der Waals surface area contributed by atoms with Crippen molar-refractivity contribution < 1.29 is 19.4 Å². The first kappa shape index (κ1) is 15.1. The number of amides is 1. The largest absolute Gasteiger partial charge is 0.482 e. The number of aryl methyl sites for hydroxylation is 1. The number of benzene rings is 2. The highest BCUT2D eigenvalue weighted by Crippen LogP contribution is 2.34. The maximum absolute atomic E-state index is 12.2. The van der Waals surface area contributed by atoms with Gasteiger partial charge in [-0.05, 0) is 41.8 Å². The minimum absolute atomic E-state index is 0.0195. The van der Waals surface area contributed by atoms with Crippen LogP contribution in [0.5, 0.6) is 5.75 Å². The lowest BCUT2D eigenvalue weighted by Gasteiger charge is -2.30. The lowest BCUT2D eigenvalue weighted by molar-refractivity contribution is -0.121. The summed E-state index contributed by atoms with van der Waals surface area (Å²) in [4.78, 5) is 24.8. The van der Waals surface area contributed by atoms with Crippen LogP contribution in [0.15, 0.2) is 42.5 Å². The molecule has 1 amide bonds. The molecule has 1 heterocycles. The smallest absolute Gasteiger partial charge is 0.335 e. The monoisotopic (exact) mass is 311 g/mol. The van der Waals surface area contributed by atoms with Crippen LogP contribution in [0.2, 0.25) is 0 Å². The zero-order valence-electron chi connectivity index (χ0n) is 12.8. The van der Waals surface area contributed by atoms with Gasteiger partial charge in [0.15, 0.2) is 6.61 Å². The van der Waals surface area contributed by atoms with Crippen molar-refractivity contribution in [3.8, 4) is 5.75 Å². The Labute approximate surface area is 134 Å². The summed E-state index contributed by atoms with van der Waals surface area (Å²) < 4.78 is 5.48. The summed E-state index contributed by atoms with van der Waals surface area (Å²) in [5.41, 5.74) is 3.00. The Balaban J connectivity index is 1.90. The number of carboxylic acids is 1. The molecule has 118 valence electrons. The second-order valence-electron chi connectivity index (χ2n) is 5.43. The van der Waals surface area contributed by atoms with Gasteiger partial charge in [0.1, 0.15) is 5.75 Å². The number of hydrogen-bond acceptors (Lipinski definition) is 3. The molecule has 0 saturated carbocycles. The van der Waals surface area contributed by atoms with E-state index in [0.717, 1.165) is 23.2 Å². The highest BCUT2D eigenvalue weighted by molar-refractivity contribution is 5.97. The molecule has 0 bridgehead atoms. The highest BCUT2D eigenvalue weighted by Gasteiger charge is 2.25. The fourth-order valence-electron chi connectivity index (χ4n) is 2.58. The second-order valence-corrected chi connectivity index (χ2v) is 5.43. The number of carbonyl (C=O) groups excluding carboxylic acids is 1. The number of carboxylic acid groups (broad SMARTS) is 1. The lowest BCUT2D eigenvalue weighted by atomic mass is 10.1. The van der Waals surface area contributed by atoms with Gasteiger partial charge in [0.05, 0.1) is 17.8 Å². The van der Waals surface area contributed by atoms with E-state index in [4.69, 9.17) is 9.84 Å². The van der Waals surface area contributed by atoms with Crippen molar-refractivity contribution in [3.05, 3.63) is 59.2 Å². The minimum Gasteiger partial charge on any atom is -0.482 e. The Morgan fingerprint density at radius 1 is 1.17 bits per heavy atom. The summed E-state index contributed by atoms with van der Waals surface area (Å²) in [7, 11) is 0. The molecule has 23 heavy (non-hydrogen) atoms. The molecule has 0 aliphatic carbocycles. The van der Waals surface area contributed by atoms with Gasteiger partial charge in [-0.15, -0.1) is 0 Å². The Hall–Kier alpha value is -2.82. The van der Waals surface area contributed by atoms with Gasteiger partial charge in [-0.25, -0.2) is 4.79 Å². The molecule has 5 nitrogen and oxygen atoms in total. The SMILES string of the molecule is CCc1ccc2c(c1)N(Cc1ccc(C(=O)O)cc1)C(=O)CO2. The van der Waals surface area contributed by atoms with E-state index in [1.54, 1.807) is 29.2 Å². The average molecular weight is 311 g/mol. The summed E-state index contributed by atoms with van der Waals surface area (Å²) in [5.74, 6) is -0.367. The Morgan fingerprint density at radius 2 is 1.87 bits per heavy atom. The molecule has 0 unspecified atom stereocenters. The van der Waals surface area contributed by atoms with Crippen LogP contribution in [0.4, 0.5) is 5.69 Å². The van der Waals surface area contributed by atoms with E-state index in [9.17, 15) is 9.59 Å². The molecule has 5 heteroatoms. The minimum atomic E-state index is -0.961. The van der Waals surface area contributed by atoms with Crippen LogP contribution in [-0.2, 0) is 17.8 Å². The summed E-state index contributed by atoms with van der Waals surface area (Å²) in [6.07, 6.45) is 0.878. The molecule has 3 rings (SSSR count). The number of fused-ring (bicyclic) bond motifs is 1. The van der Waals surface area contributed by atoms with Crippen molar-refractivity contribution in [2.45, 2.75) is 19.9 Å². The number of aromatic carboxylic acids is 1. The number of rotatable bonds is 4. The van der Waals surface area contributed by atoms with Gasteiger partial charge in [-0.1, -0.05) is 25.1 Å². The molecule has 1 aliphatic rings. The molecule has 2 aromatic carbocycles. The van der Waals surface area contributed by atoms with Crippen LogP contribution in [0.3, 0.4) is 0 Å². The number of ether oxygens (including phenoxy) is 1. The fraction of sp³-hybridized carbons (Fsp3) is 0.222. The van der Waals surface area contributed by atoms with Crippen molar-refractivity contribution >= 4 is 17.6 Å². The molecule has 1 N–H and O–H groups in total. The van der Waals surface area contributed by atoms with Crippen molar-refractivity contribution in [1.29, 1.82) is 0 Å². The third-order valence-corrected chi connectivity index (χ3v) is 3.92. The van der Waals surface area contributed by atoms with E-state index in [0.29, 0.717) is 12.3 Å². The van der Waals surface area contributed by atoms with Crippen molar-refractivity contribution in [1.82, 2.24) is 0 Å². The third kappa shape index (κ3) is 3.04. The Bertz CT molecular complexity index is 752. The van der Waals surface area contributed by atoms with Crippen LogP contribution in [0, 0.1) is 0 Å². The van der Waals surface area contributed by atoms with Crippen molar-refractivity contribution in [3.63, 3.8) is 0 Å². The molecule has 0 atom stereocenters. The number of nitrogens with zero attached hydrogens (tertiary/aromatic N) is 1. The van der Waals surface area contributed by atoms with Gasteiger partial charge in [-0.2, -0.15) is 0 Å². The third-order valence-electron chi connectivity index (χ3n) is 3.92. The van der Waals surface area contributed by atoms with Gasteiger partial charge in [0.25, 0.3) is 5.91 Å². The van der Waals surface area contributed by atoms with Gasteiger partial charge in [0, 0.05) is 0 Å². The zero-order valence-corrected chi connectivity index (χ0v) is 12.8. The highest BCUT2D eigenvalue weighted by atomic mass is 16.5. The maximum Gasteiger partial charge on any atom is 0.335 e. The lowest BCUT2D eigenvalue weighted by Crippen LogP contribution is -2.38. The summed E-state index contributed by atoms with van der Waals surface area (Å²) in [6.45, 7) is 2.47. The number of carbonyl (C=O) groups is 2. The van der Waals surface area contributed by atoms with E-state index in [-0.39, 0.29) is 18.1 Å². The van der Waals surface area contributed by atoms with E-state index in [1.165, 1.54) is 0 Å². The normalized spacial score (nSPS) is 13.4. The van der Waals surface area contributed by atoms with Crippen LogP contribution in [0.1, 0.15) is 28.4 Å². The Kier molecular flexibility index (Phi) is 4.02. The predicted molar refractivity (Wildman–Crippen MR) is 85.9 cm³/mol. The second kappa shape index (κ2) is 6.12. The molecule has 0 spiro atoms. The molecular formula is C18H17NO4. The quantitative estimate of drug-likeness (QED) is 0.943. The Morgan fingerprint density at radius 3 is 2.52 bits per heavy atom. The van der Waals surface area contributed by atoms with Crippen molar-refractivity contribution in [2.75, 3.05) is 11.5 Å². The standard InChI is InChI=1S/C18H17NO4/c1-2-12-5-8-16-15(9-12)19(17(20)11-23-16)10-13-3-6-14(7-4-13)18(21)22/h3-9H,2,10-11H2,1H3,(H,21,22). The first-order chi connectivity index (χ1) is 11.1. The van der Waals surface area contributed by atoms with Gasteiger partial charge < -0.3 is 14.7 Å². The summed E-state index contributed by atoms with van der Waals surface area (Å²) >= 11 is 0. The van der Waals surface area contributed by atoms with Crippen LogP contribution >= 0.6 is 0 Å². The molecule has 1 aliphatic heterocycles. The average Bonchev–Trinajstić information content (AvgIpc) is 2.57. The van der Waals surface area contributed by atoms with Crippen LogP contribution < -0.4 is 9.64 Å². The van der Waals surface area contributed by atoms with E-state index < -0.39 is 5.97 Å². The van der Waals surface area contributed by atoms with Crippen LogP contribution in [-0.4, -0.2) is 23.6 Å². The fourth-order valence-corrected chi connectivity index (χ4v) is 2.58. The van der Waals surface area contributed by atoms with E-state index in [1.807, 2.05) is 18.2 Å². The van der Waals surface area contributed by atoms with E-state index >= 15 is 0 Å². The first-order valence-corrected chi connectivity index (χ1v) is 7.47. The van der Waals surface area contributed by atoms with E-state index in [2.05, 4.69) is 6.92 Å². The molecule has 0 aromatic heterocycles. The molecule has 0 radical (unpaired) electrons. The molecular weight excluding hydrogens is 294 g/mol. The molecule has 2 aromatic rings. The summed E-state index contributed by atoms with van der Waals surface area (Å²) in [6, 6.07) is 12.4. The number of anilines is 1. The molecule has 0 fully saturated rings. The predicted octanol–water partition coefficient (Wildman–Crippen LogP) is 2.87. The number of hydrogen-bond donors (Lipinski definition) is 1. The van der Waals surface area contributed by atoms with Crippen molar-refractivity contribution in [2.24, 2.45) is 0 Å². The van der Waals surface area contributed by atoms with Gasteiger partial charge >= 0.3 is 5.97 Å². The van der Waals surface area contributed by atoms with Crippen LogP contribution in [0.25, 0.3) is 0 Å². The maximum atomic E-state index is 12.2. The summed E-state index contributed by atoms with van der Waals surface area (Å²) in [5, 5.41) is 8.95. The van der Waals surface area contributed by atoms with Gasteiger partial charge in [0.2, 0.25) is 0 Å². The van der Waals surface area contributed by atoms with Gasteiger partial charge in [-0.3, -0.25) is 4.79 Å². The zero-order chi connectivity index (χ0) is 16.4. The first-order valence-electron chi connectivity index (χ1n) is 7.47.